The molecule has 1 fully saturated rings. The van der Waals surface area contributed by atoms with Crippen molar-refractivity contribution < 1.29 is 18.0 Å². The van der Waals surface area contributed by atoms with Crippen LogP contribution in [-0.4, -0.2) is 23.5 Å². The van der Waals surface area contributed by atoms with Gasteiger partial charge >= 0.3 is 6.18 Å². The summed E-state index contributed by atoms with van der Waals surface area (Å²) in [5, 5.41) is 0.519. The molecule has 0 radical (unpaired) electrons. The van der Waals surface area contributed by atoms with Crippen molar-refractivity contribution in [3.05, 3.63) is 34.3 Å². The van der Waals surface area contributed by atoms with E-state index in [1.807, 2.05) is 19.9 Å². The summed E-state index contributed by atoms with van der Waals surface area (Å²) in [5.74, 6) is -1.14. The van der Waals surface area contributed by atoms with E-state index in [9.17, 15) is 18.0 Å². The van der Waals surface area contributed by atoms with E-state index < -0.39 is 17.6 Å². The van der Waals surface area contributed by atoms with Gasteiger partial charge in [-0.3, -0.25) is 4.79 Å². The summed E-state index contributed by atoms with van der Waals surface area (Å²) >= 11 is 6.00. The quantitative estimate of drug-likeness (QED) is 0.692. The van der Waals surface area contributed by atoms with Gasteiger partial charge in [-0.25, -0.2) is 0 Å². The molecule has 1 aliphatic carbocycles. The zero-order chi connectivity index (χ0) is 17.7. The van der Waals surface area contributed by atoms with Crippen molar-refractivity contribution in [3.63, 3.8) is 0 Å². The first-order valence-corrected chi connectivity index (χ1v) is 8.67. The number of carbonyl (C=O) groups is 1. The molecule has 0 unspecified atom stereocenters. The minimum absolute atomic E-state index is 0.0737. The highest BCUT2D eigenvalue weighted by atomic mass is 35.5. The molecule has 3 rings (SSSR count). The van der Waals surface area contributed by atoms with Gasteiger partial charge in [0.1, 0.15) is 0 Å². The van der Waals surface area contributed by atoms with Crippen LogP contribution >= 0.6 is 11.6 Å². The van der Waals surface area contributed by atoms with Gasteiger partial charge in [0, 0.05) is 17.1 Å². The maximum atomic E-state index is 12.8. The summed E-state index contributed by atoms with van der Waals surface area (Å²) in [7, 11) is 0. The number of amides is 1. The standard InChI is InChI=1S/C18H21ClF3NO/c1-17(2)15-8-7-13(19)9-14(15)16(24)23(17)10-11-3-5-12(6-4-11)18(20,21)22/h7-9,11-12H,3-6,10H2,1-2H3. The molecule has 24 heavy (non-hydrogen) atoms. The number of hydrogen-bond donors (Lipinski definition) is 0. The van der Waals surface area contributed by atoms with E-state index in [-0.39, 0.29) is 24.7 Å². The average molecular weight is 360 g/mol. The zero-order valence-electron chi connectivity index (χ0n) is 13.8. The van der Waals surface area contributed by atoms with Crippen molar-refractivity contribution in [2.45, 2.75) is 51.2 Å². The van der Waals surface area contributed by atoms with E-state index in [0.717, 1.165) is 5.56 Å². The Labute approximate surface area is 145 Å². The highest BCUT2D eigenvalue weighted by Crippen LogP contribution is 2.43. The van der Waals surface area contributed by atoms with Crippen molar-refractivity contribution in [1.82, 2.24) is 4.90 Å². The first kappa shape index (κ1) is 17.6. The van der Waals surface area contributed by atoms with Crippen LogP contribution in [0.1, 0.15) is 55.5 Å². The SMILES string of the molecule is CC1(C)c2ccc(Cl)cc2C(=O)N1CC1CCC(C(F)(F)F)CC1. The van der Waals surface area contributed by atoms with Crippen molar-refractivity contribution in [2.75, 3.05) is 6.54 Å². The van der Waals surface area contributed by atoms with Gasteiger partial charge in [-0.05, 0) is 63.1 Å². The number of rotatable bonds is 2. The van der Waals surface area contributed by atoms with E-state index >= 15 is 0 Å². The minimum atomic E-state index is -4.10. The maximum absolute atomic E-state index is 12.8. The predicted molar refractivity (Wildman–Crippen MR) is 87.0 cm³/mol. The van der Waals surface area contributed by atoms with E-state index in [4.69, 9.17) is 11.6 Å². The summed E-state index contributed by atoms with van der Waals surface area (Å²) in [6.07, 6.45) is -2.74. The van der Waals surface area contributed by atoms with Gasteiger partial charge in [-0.2, -0.15) is 13.2 Å². The Bertz CT molecular complexity index is 648. The average Bonchev–Trinajstić information content (AvgIpc) is 2.67. The van der Waals surface area contributed by atoms with Crippen LogP contribution in [0.25, 0.3) is 0 Å². The van der Waals surface area contributed by atoms with Gasteiger partial charge in [0.05, 0.1) is 11.5 Å². The third kappa shape index (κ3) is 3.03. The topological polar surface area (TPSA) is 20.3 Å². The second-order valence-electron chi connectivity index (χ2n) is 7.42. The molecule has 1 heterocycles. The molecule has 0 spiro atoms. The van der Waals surface area contributed by atoms with Crippen LogP contribution in [-0.2, 0) is 5.54 Å². The highest BCUT2D eigenvalue weighted by Gasteiger charge is 2.45. The molecule has 0 bridgehead atoms. The lowest BCUT2D eigenvalue weighted by atomic mass is 9.81. The highest BCUT2D eigenvalue weighted by molar-refractivity contribution is 6.31. The number of fused-ring (bicyclic) bond motifs is 1. The third-order valence-corrected chi connectivity index (χ3v) is 5.78. The molecule has 0 atom stereocenters. The molecule has 0 saturated heterocycles. The first-order valence-electron chi connectivity index (χ1n) is 8.29. The maximum Gasteiger partial charge on any atom is 0.391 e. The van der Waals surface area contributed by atoms with Crippen LogP contribution in [0, 0.1) is 11.8 Å². The molecule has 2 aliphatic rings. The molecular weight excluding hydrogens is 339 g/mol. The lowest BCUT2D eigenvalue weighted by Gasteiger charge is -2.38. The van der Waals surface area contributed by atoms with Crippen LogP contribution in [0.5, 0.6) is 0 Å². The number of halogens is 4. The number of alkyl halides is 3. The van der Waals surface area contributed by atoms with Gasteiger partial charge < -0.3 is 4.90 Å². The van der Waals surface area contributed by atoms with Crippen LogP contribution < -0.4 is 0 Å². The molecule has 6 heteroatoms. The van der Waals surface area contributed by atoms with Crippen LogP contribution in [0.15, 0.2) is 18.2 Å². The number of hydrogen-bond acceptors (Lipinski definition) is 1. The lowest BCUT2D eigenvalue weighted by molar-refractivity contribution is -0.184. The number of benzene rings is 1. The third-order valence-electron chi connectivity index (χ3n) is 5.54. The fraction of sp³-hybridized carbons (Fsp3) is 0.611. The molecule has 1 saturated carbocycles. The van der Waals surface area contributed by atoms with E-state index in [1.54, 1.807) is 17.0 Å². The zero-order valence-corrected chi connectivity index (χ0v) is 14.5. The van der Waals surface area contributed by atoms with Gasteiger partial charge in [-0.15, -0.1) is 0 Å². The summed E-state index contributed by atoms with van der Waals surface area (Å²) in [5.41, 5.74) is 1.08. The Kier molecular flexibility index (Phi) is 4.35. The summed E-state index contributed by atoms with van der Waals surface area (Å²) < 4.78 is 38.4. The lowest BCUT2D eigenvalue weighted by Crippen LogP contribution is -2.43. The first-order chi connectivity index (χ1) is 11.1. The monoisotopic (exact) mass is 359 g/mol. The predicted octanol–water partition coefficient (Wildman–Crippen LogP) is 5.40. The summed E-state index contributed by atoms with van der Waals surface area (Å²) in [6, 6.07) is 5.32. The van der Waals surface area contributed by atoms with Gasteiger partial charge in [-0.1, -0.05) is 17.7 Å². The Morgan fingerprint density at radius 3 is 2.42 bits per heavy atom. The Balaban J connectivity index is 1.72. The van der Waals surface area contributed by atoms with Crippen molar-refractivity contribution >= 4 is 17.5 Å². The number of carbonyl (C=O) groups excluding carboxylic acids is 1. The van der Waals surface area contributed by atoms with Crippen molar-refractivity contribution in [3.8, 4) is 0 Å². The second kappa shape index (κ2) is 5.94. The van der Waals surface area contributed by atoms with E-state index in [2.05, 4.69) is 0 Å². The molecule has 0 N–H and O–H groups in total. The normalized spacial score (nSPS) is 26.6. The van der Waals surface area contributed by atoms with Crippen LogP contribution in [0.3, 0.4) is 0 Å². The molecule has 1 aliphatic heterocycles. The molecule has 132 valence electrons. The molecule has 0 aromatic heterocycles. The minimum Gasteiger partial charge on any atom is -0.329 e. The van der Waals surface area contributed by atoms with Gasteiger partial charge in [0.2, 0.25) is 0 Å². The van der Waals surface area contributed by atoms with Crippen molar-refractivity contribution in [2.24, 2.45) is 11.8 Å². The Hall–Kier alpha value is -1.23. The van der Waals surface area contributed by atoms with Gasteiger partial charge in [0.15, 0.2) is 0 Å². The van der Waals surface area contributed by atoms with E-state index in [0.29, 0.717) is 30.0 Å². The van der Waals surface area contributed by atoms with Crippen LogP contribution in [0.4, 0.5) is 13.2 Å². The Morgan fingerprint density at radius 1 is 1.21 bits per heavy atom. The molecular formula is C18H21ClF3NO. The molecule has 2 nitrogen and oxygen atoms in total. The molecule has 1 aromatic rings. The molecule has 1 aromatic carbocycles. The number of nitrogens with zero attached hydrogens (tertiary/aromatic N) is 1. The second-order valence-corrected chi connectivity index (χ2v) is 7.86. The van der Waals surface area contributed by atoms with Crippen LogP contribution in [0.2, 0.25) is 5.02 Å². The smallest absolute Gasteiger partial charge is 0.329 e. The summed E-state index contributed by atoms with van der Waals surface area (Å²) in [4.78, 5) is 14.5. The van der Waals surface area contributed by atoms with Crippen molar-refractivity contribution in [1.29, 1.82) is 0 Å². The fourth-order valence-corrected chi connectivity index (χ4v) is 4.19. The largest absolute Gasteiger partial charge is 0.391 e. The summed E-state index contributed by atoms with van der Waals surface area (Å²) in [6.45, 7) is 4.46. The Morgan fingerprint density at radius 2 is 1.83 bits per heavy atom. The van der Waals surface area contributed by atoms with E-state index in [1.165, 1.54) is 0 Å². The molecule has 1 amide bonds. The van der Waals surface area contributed by atoms with Gasteiger partial charge in [0.25, 0.3) is 5.91 Å². The fourth-order valence-electron chi connectivity index (χ4n) is 4.01.